The van der Waals surface area contributed by atoms with Crippen LogP contribution in [-0.2, 0) is 0 Å². The molecule has 0 spiro atoms. The molecule has 1 saturated heterocycles. The molecule has 1 N–H and O–H groups in total. The molecule has 0 aromatic carbocycles. The lowest BCUT2D eigenvalue weighted by Crippen LogP contribution is -2.29. The Labute approximate surface area is 161 Å². The molecule has 0 amide bonds. The Morgan fingerprint density at radius 1 is 1.23 bits per heavy atom. The predicted octanol–water partition coefficient (Wildman–Crippen LogP) is 4.61. The summed E-state index contributed by atoms with van der Waals surface area (Å²) in [5.41, 5.74) is 5.21. The van der Waals surface area contributed by atoms with Crippen LogP contribution < -0.4 is 5.32 Å². The van der Waals surface area contributed by atoms with Crippen LogP contribution in [0, 0.1) is 13.8 Å². The molecule has 0 bridgehead atoms. The van der Waals surface area contributed by atoms with Gasteiger partial charge < -0.3 is 14.8 Å². The zero-order valence-corrected chi connectivity index (χ0v) is 16.7. The third-order valence-corrected chi connectivity index (χ3v) is 6.42. The molecule has 0 radical (unpaired) electrons. The average Bonchev–Trinajstić information content (AvgIpc) is 3.34. The third-order valence-electron chi connectivity index (χ3n) is 6.07. The van der Waals surface area contributed by atoms with Gasteiger partial charge in [-0.3, -0.25) is 4.98 Å². The summed E-state index contributed by atoms with van der Waals surface area (Å²) in [6, 6.07) is 9.46. The van der Waals surface area contributed by atoms with Crippen molar-refractivity contribution in [2.45, 2.75) is 64.6 Å². The van der Waals surface area contributed by atoms with E-state index in [4.69, 9.17) is 12.2 Å². The van der Waals surface area contributed by atoms with Gasteiger partial charge in [0.2, 0.25) is 0 Å². The largest absolute Gasteiger partial charge is 0.352 e. The fourth-order valence-electron chi connectivity index (χ4n) is 4.91. The number of nitrogens with zero attached hydrogens (tertiary/aromatic N) is 3. The van der Waals surface area contributed by atoms with Crippen LogP contribution in [0.25, 0.3) is 0 Å². The van der Waals surface area contributed by atoms with Crippen molar-refractivity contribution in [2.24, 2.45) is 0 Å². The monoisotopic (exact) mass is 368 g/mol. The second-order valence-corrected chi connectivity index (χ2v) is 7.93. The van der Waals surface area contributed by atoms with E-state index in [0.29, 0.717) is 6.04 Å². The fourth-order valence-corrected chi connectivity index (χ4v) is 5.28. The van der Waals surface area contributed by atoms with Crippen molar-refractivity contribution in [1.82, 2.24) is 19.8 Å². The van der Waals surface area contributed by atoms with Gasteiger partial charge >= 0.3 is 0 Å². The van der Waals surface area contributed by atoms with E-state index in [2.05, 4.69) is 58.7 Å². The lowest BCUT2D eigenvalue weighted by molar-refractivity contribution is 0.328. The highest BCUT2D eigenvalue weighted by atomic mass is 32.1. The van der Waals surface area contributed by atoms with Crippen LogP contribution in [0.2, 0.25) is 0 Å². The first-order chi connectivity index (χ1) is 12.6. The summed E-state index contributed by atoms with van der Waals surface area (Å²) in [7, 11) is 0. The quantitative estimate of drug-likeness (QED) is 0.799. The van der Waals surface area contributed by atoms with E-state index in [1.165, 1.54) is 42.6 Å². The van der Waals surface area contributed by atoms with Crippen LogP contribution in [0.3, 0.4) is 0 Å². The van der Waals surface area contributed by atoms with Crippen LogP contribution in [0.15, 0.2) is 30.5 Å². The van der Waals surface area contributed by atoms with Gasteiger partial charge in [0.05, 0.1) is 17.8 Å². The van der Waals surface area contributed by atoms with Crippen LogP contribution in [0.1, 0.15) is 73.4 Å². The maximum Gasteiger partial charge on any atom is 0.170 e. The number of hydrogen-bond donors (Lipinski definition) is 1. The molecule has 138 valence electrons. The van der Waals surface area contributed by atoms with E-state index in [-0.39, 0.29) is 12.1 Å². The molecule has 0 unspecified atom stereocenters. The molecular formula is C21H28N4S. The van der Waals surface area contributed by atoms with E-state index >= 15 is 0 Å². The van der Waals surface area contributed by atoms with E-state index in [0.717, 1.165) is 17.4 Å². The number of nitrogens with one attached hydrogen (secondary N) is 1. The number of aromatic nitrogens is 2. The standard InChI is InChI=1S/C21H28N4S/c1-4-24-20(19(23-21(24)26)18-11-7-8-12-22-18)17-13-14(2)25(15(17)3)16-9-5-6-10-16/h7-8,11-13,16,19-20H,4-6,9-10H2,1-3H3,(H,23,26)/t19-,20+/m0/s1. The SMILES string of the molecule is CCN1C(=S)N[C@@H](c2ccccn2)[C@H]1c1cc(C)n(C2CCCC2)c1C. The van der Waals surface area contributed by atoms with Gasteiger partial charge in [0.25, 0.3) is 0 Å². The maximum atomic E-state index is 5.66. The lowest BCUT2D eigenvalue weighted by Gasteiger charge is -2.27. The first-order valence-corrected chi connectivity index (χ1v) is 10.2. The molecule has 4 nitrogen and oxygen atoms in total. The van der Waals surface area contributed by atoms with Crippen LogP contribution in [0.4, 0.5) is 0 Å². The minimum Gasteiger partial charge on any atom is -0.352 e. The van der Waals surface area contributed by atoms with E-state index in [9.17, 15) is 0 Å². The van der Waals surface area contributed by atoms with Crippen molar-refractivity contribution in [2.75, 3.05) is 6.54 Å². The van der Waals surface area contributed by atoms with Gasteiger partial charge in [0, 0.05) is 30.2 Å². The second-order valence-electron chi connectivity index (χ2n) is 7.55. The van der Waals surface area contributed by atoms with E-state index in [1.807, 2.05) is 12.3 Å². The summed E-state index contributed by atoms with van der Waals surface area (Å²) in [4.78, 5) is 6.94. The number of likely N-dealkylation sites (N-methyl/N-ethyl adjacent to an activating group) is 1. The van der Waals surface area contributed by atoms with E-state index < -0.39 is 0 Å². The van der Waals surface area contributed by atoms with Crippen molar-refractivity contribution >= 4 is 17.3 Å². The summed E-state index contributed by atoms with van der Waals surface area (Å²) in [6.07, 6.45) is 7.18. The Balaban J connectivity index is 1.78. The molecular weight excluding hydrogens is 340 g/mol. The highest BCUT2D eigenvalue weighted by molar-refractivity contribution is 7.80. The second kappa shape index (κ2) is 7.03. The van der Waals surface area contributed by atoms with Gasteiger partial charge in [-0.25, -0.2) is 0 Å². The third kappa shape index (κ3) is 2.82. The molecule has 2 aromatic rings. The Bertz CT molecular complexity index is 792. The first kappa shape index (κ1) is 17.5. The molecule has 1 aliphatic carbocycles. The molecule has 2 aromatic heterocycles. The fraction of sp³-hybridized carbons (Fsp3) is 0.524. The molecule has 1 aliphatic heterocycles. The minimum atomic E-state index is 0.0983. The molecule has 2 atom stereocenters. The van der Waals surface area contributed by atoms with Crippen molar-refractivity contribution in [3.8, 4) is 0 Å². The average molecular weight is 369 g/mol. The molecule has 3 heterocycles. The minimum absolute atomic E-state index is 0.0983. The lowest BCUT2D eigenvalue weighted by atomic mass is 9.97. The number of aryl methyl sites for hydroxylation is 1. The van der Waals surface area contributed by atoms with Gasteiger partial charge in [-0.1, -0.05) is 18.9 Å². The summed E-state index contributed by atoms with van der Waals surface area (Å²) < 4.78 is 2.58. The molecule has 2 aliphatic rings. The topological polar surface area (TPSA) is 33.1 Å². The summed E-state index contributed by atoms with van der Waals surface area (Å²) in [5.74, 6) is 0. The van der Waals surface area contributed by atoms with Crippen LogP contribution >= 0.6 is 12.2 Å². The van der Waals surface area contributed by atoms with Gasteiger partial charge in [-0.15, -0.1) is 0 Å². The first-order valence-electron chi connectivity index (χ1n) is 9.78. The number of rotatable bonds is 4. The number of thiocarbonyl (C=S) groups is 1. The smallest absolute Gasteiger partial charge is 0.170 e. The van der Waals surface area contributed by atoms with Gasteiger partial charge in [0.1, 0.15) is 0 Å². The summed E-state index contributed by atoms with van der Waals surface area (Å²) in [6.45, 7) is 7.61. The van der Waals surface area contributed by atoms with E-state index in [1.54, 1.807) is 0 Å². The Kier molecular flexibility index (Phi) is 4.74. The highest BCUT2D eigenvalue weighted by Crippen LogP contribution is 2.42. The van der Waals surface area contributed by atoms with Crippen molar-refractivity contribution < 1.29 is 0 Å². The van der Waals surface area contributed by atoms with Gasteiger partial charge in [-0.05, 0) is 69.6 Å². The van der Waals surface area contributed by atoms with Crippen LogP contribution in [0.5, 0.6) is 0 Å². The normalized spacial score (nSPS) is 23.7. The molecule has 5 heteroatoms. The number of pyridine rings is 1. The van der Waals surface area contributed by atoms with Crippen molar-refractivity contribution in [1.29, 1.82) is 0 Å². The van der Waals surface area contributed by atoms with Crippen molar-refractivity contribution in [3.05, 3.63) is 53.1 Å². The molecule has 26 heavy (non-hydrogen) atoms. The van der Waals surface area contributed by atoms with Crippen molar-refractivity contribution in [3.63, 3.8) is 0 Å². The number of hydrogen-bond acceptors (Lipinski definition) is 2. The molecule has 1 saturated carbocycles. The zero-order chi connectivity index (χ0) is 18.3. The Morgan fingerprint density at radius 3 is 2.65 bits per heavy atom. The Hall–Kier alpha value is -1.88. The molecule has 2 fully saturated rings. The summed E-state index contributed by atoms with van der Waals surface area (Å²) in [5, 5.41) is 4.36. The Morgan fingerprint density at radius 2 is 2.00 bits per heavy atom. The van der Waals surface area contributed by atoms with Gasteiger partial charge in [0.15, 0.2) is 5.11 Å². The van der Waals surface area contributed by atoms with Crippen LogP contribution in [-0.4, -0.2) is 26.1 Å². The predicted molar refractivity (Wildman–Crippen MR) is 109 cm³/mol. The maximum absolute atomic E-state index is 5.66. The highest BCUT2D eigenvalue weighted by Gasteiger charge is 2.40. The summed E-state index contributed by atoms with van der Waals surface area (Å²) >= 11 is 5.66. The van der Waals surface area contributed by atoms with Gasteiger partial charge in [-0.2, -0.15) is 0 Å². The zero-order valence-electron chi connectivity index (χ0n) is 15.9. The molecule has 4 rings (SSSR count).